The lowest BCUT2D eigenvalue weighted by Gasteiger charge is -2.28. The molecule has 1 fully saturated rings. The zero-order chi connectivity index (χ0) is 13.9. The number of carbonyl (C=O) groups excluding carboxylic acids is 1. The number of nitrogens with one attached hydrogen (secondary N) is 2. The van der Waals surface area contributed by atoms with Gasteiger partial charge in [0.25, 0.3) is 0 Å². The van der Waals surface area contributed by atoms with E-state index in [-0.39, 0.29) is 11.4 Å². The highest BCUT2D eigenvalue weighted by molar-refractivity contribution is 5.99. The molecule has 2 N–H and O–H groups in total. The number of aryl methyl sites for hydroxylation is 1. The van der Waals surface area contributed by atoms with Crippen molar-refractivity contribution in [3.05, 3.63) is 29.3 Å². The fourth-order valence-electron chi connectivity index (χ4n) is 2.88. The van der Waals surface area contributed by atoms with Gasteiger partial charge < -0.3 is 10.6 Å². The third kappa shape index (κ3) is 2.81. The lowest BCUT2D eigenvalue weighted by atomic mass is 9.90. The van der Waals surface area contributed by atoms with E-state index in [2.05, 4.69) is 37.5 Å². The molecule has 104 valence electrons. The second-order valence-corrected chi connectivity index (χ2v) is 5.56. The minimum Gasteiger partial charge on any atom is -0.324 e. The van der Waals surface area contributed by atoms with Crippen molar-refractivity contribution in [2.45, 2.75) is 52.0 Å². The van der Waals surface area contributed by atoms with Crippen LogP contribution in [0.1, 0.15) is 43.7 Å². The van der Waals surface area contributed by atoms with E-state index in [1.807, 2.05) is 12.1 Å². The quantitative estimate of drug-likeness (QED) is 0.873. The van der Waals surface area contributed by atoms with E-state index in [0.29, 0.717) is 0 Å². The maximum atomic E-state index is 12.6. The van der Waals surface area contributed by atoms with Gasteiger partial charge in [-0.05, 0) is 56.8 Å². The van der Waals surface area contributed by atoms with E-state index < -0.39 is 0 Å². The summed E-state index contributed by atoms with van der Waals surface area (Å²) in [6, 6.07) is 6.04. The van der Waals surface area contributed by atoms with Gasteiger partial charge in [0.2, 0.25) is 5.91 Å². The molecule has 0 radical (unpaired) electrons. The fourth-order valence-corrected chi connectivity index (χ4v) is 2.88. The summed E-state index contributed by atoms with van der Waals surface area (Å²) in [5, 5.41) is 6.53. The van der Waals surface area contributed by atoms with Crippen LogP contribution in [0.15, 0.2) is 18.2 Å². The van der Waals surface area contributed by atoms with Crippen molar-refractivity contribution < 1.29 is 4.79 Å². The molecule has 2 rings (SSSR count). The van der Waals surface area contributed by atoms with Gasteiger partial charge in [0.15, 0.2) is 0 Å². The van der Waals surface area contributed by atoms with Crippen LogP contribution in [0.2, 0.25) is 0 Å². The predicted molar refractivity (Wildman–Crippen MR) is 79.4 cm³/mol. The van der Waals surface area contributed by atoms with Crippen molar-refractivity contribution in [3.8, 4) is 0 Å². The van der Waals surface area contributed by atoms with Gasteiger partial charge in [-0.1, -0.05) is 25.5 Å². The van der Waals surface area contributed by atoms with Gasteiger partial charge in [0.1, 0.15) is 0 Å². The Labute approximate surface area is 115 Å². The molecule has 1 saturated heterocycles. The Morgan fingerprint density at radius 3 is 2.84 bits per heavy atom. The number of anilines is 1. The second-order valence-electron chi connectivity index (χ2n) is 5.56. The van der Waals surface area contributed by atoms with Crippen LogP contribution in [0.5, 0.6) is 0 Å². The van der Waals surface area contributed by atoms with Crippen LogP contribution < -0.4 is 10.6 Å². The first-order valence-electron chi connectivity index (χ1n) is 7.22. The molecule has 0 saturated carbocycles. The molecule has 1 heterocycles. The summed E-state index contributed by atoms with van der Waals surface area (Å²) in [6.45, 7) is 7.20. The first-order chi connectivity index (χ1) is 9.09. The Kier molecular flexibility index (Phi) is 4.25. The van der Waals surface area contributed by atoms with Gasteiger partial charge in [-0.25, -0.2) is 0 Å². The summed E-state index contributed by atoms with van der Waals surface area (Å²) in [5.41, 5.74) is 2.95. The van der Waals surface area contributed by atoms with Crippen molar-refractivity contribution in [2.75, 3.05) is 11.9 Å². The Hall–Kier alpha value is -1.35. The third-order valence-corrected chi connectivity index (χ3v) is 4.21. The van der Waals surface area contributed by atoms with Crippen molar-refractivity contribution in [1.82, 2.24) is 5.32 Å². The van der Waals surface area contributed by atoms with E-state index in [9.17, 15) is 4.79 Å². The average Bonchev–Trinajstić information content (AvgIpc) is 2.85. The minimum absolute atomic E-state index is 0.126. The predicted octanol–water partition coefficient (Wildman–Crippen LogP) is 3.16. The number of benzene rings is 1. The molecule has 3 heteroatoms. The molecule has 0 aliphatic carbocycles. The van der Waals surface area contributed by atoms with Gasteiger partial charge >= 0.3 is 0 Å². The zero-order valence-electron chi connectivity index (χ0n) is 12.2. The van der Waals surface area contributed by atoms with Crippen LogP contribution in [0.4, 0.5) is 5.69 Å². The number of rotatable bonds is 4. The molecule has 0 bridgehead atoms. The molecule has 1 aliphatic rings. The Bertz CT molecular complexity index is 462. The highest BCUT2D eigenvalue weighted by Crippen LogP contribution is 2.27. The molecular formula is C16H24N2O. The molecule has 1 aromatic rings. The normalized spacial score (nSPS) is 22.5. The number of hydrogen-bond donors (Lipinski definition) is 2. The molecular weight excluding hydrogens is 236 g/mol. The van der Waals surface area contributed by atoms with Gasteiger partial charge in [-0.15, -0.1) is 0 Å². The molecule has 0 spiro atoms. The van der Waals surface area contributed by atoms with Crippen molar-refractivity contribution in [1.29, 1.82) is 0 Å². The summed E-state index contributed by atoms with van der Waals surface area (Å²) in [4.78, 5) is 12.6. The van der Waals surface area contributed by atoms with Crippen LogP contribution in [-0.4, -0.2) is 18.0 Å². The van der Waals surface area contributed by atoms with Crippen molar-refractivity contribution in [2.24, 2.45) is 0 Å². The van der Waals surface area contributed by atoms with Gasteiger partial charge in [0, 0.05) is 5.69 Å². The van der Waals surface area contributed by atoms with Crippen LogP contribution in [-0.2, 0) is 4.79 Å². The number of hydrogen-bond acceptors (Lipinski definition) is 2. The van der Waals surface area contributed by atoms with E-state index in [1.54, 1.807) is 0 Å². The Balaban J connectivity index is 2.17. The van der Waals surface area contributed by atoms with E-state index >= 15 is 0 Å². The molecule has 1 amide bonds. The topological polar surface area (TPSA) is 41.1 Å². The third-order valence-electron chi connectivity index (χ3n) is 4.21. The molecule has 3 nitrogen and oxygen atoms in total. The number of amides is 1. The largest absolute Gasteiger partial charge is 0.324 e. The molecule has 1 aromatic carbocycles. The molecule has 1 unspecified atom stereocenters. The first kappa shape index (κ1) is 14.1. The van der Waals surface area contributed by atoms with E-state index in [4.69, 9.17) is 0 Å². The standard InChI is InChI=1S/C16H24N2O/c1-4-9-16(10-6-11-17-16)15(19)18-14-8-5-7-12(2)13(14)3/h5,7-8,17H,4,6,9-11H2,1-3H3,(H,18,19). The second kappa shape index (κ2) is 5.74. The fraction of sp³-hybridized carbons (Fsp3) is 0.562. The number of carbonyl (C=O) groups is 1. The molecule has 1 aliphatic heterocycles. The van der Waals surface area contributed by atoms with Crippen molar-refractivity contribution in [3.63, 3.8) is 0 Å². The van der Waals surface area contributed by atoms with E-state index in [1.165, 1.54) is 5.56 Å². The average molecular weight is 260 g/mol. The van der Waals surface area contributed by atoms with Crippen LogP contribution in [0.3, 0.4) is 0 Å². The van der Waals surface area contributed by atoms with E-state index in [0.717, 1.165) is 43.5 Å². The van der Waals surface area contributed by atoms with Gasteiger partial charge in [0.05, 0.1) is 5.54 Å². The maximum absolute atomic E-state index is 12.6. The van der Waals surface area contributed by atoms with Crippen molar-refractivity contribution >= 4 is 11.6 Å². The summed E-state index contributed by atoms with van der Waals surface area (Å²) < 4.78 is 0. The zero-order valence-corrected chi connectivity index (χ0v) is 12.2. The summed E-state index contributed by atoms with van der Waals surface area (Å²) >= 11 is 0. The summed E-state index contributed by atoms with van der Waals surface area (Å²) in [6.07, 6.45) is 3.95. The maximum Gasteiger partial charge on any atom is 0.244 e. The summed E-state index contributed by atoms with van der Waals surface area (Å²) in [5.74, 6) is 0.126. The smallest absolute Gasteiger partial charge is 0.244 e. The van der Waals surface area contributed by atoms with Gasteiger partial charge in [-0.3, -0.25) is 4.79 Å². The monoisotopic (exact) mass is 260 g/mol. The van der Waals surface area contributed by atoms with Gasteiger partial charge in [-0.2, -0.15) is 0 Å². The minimum atomic E-state index is -0.356. The first-order valence-corrected chi connectivity index (χ1v) is 7.22. The highest BCUT2D eigenvalue weighted by atomic mass is 16.2. The summed E-state index contributed by atoms with van der Waals surface area (Å²) in [7, 11) is 0. The van der Waals surface area contributed by atoms with Crippen LogP contribution >= 0.6 is 0 Å². The van der Waals surface area contributed by atoms with Crippen LogP contribution in [0, 0.1) is 13.8 Å². The molecule has 1 atom stereocenters. The molecule has 19 heavy (non-hydrogen) atoms. The SMILES string of the molecule is CCCC1(C(=O)Nc2cccc(C)c2C)CCCN1. The van der Waals surface area contributed by atoms with Crippen LogP contribution in [0.25, 0.3) is 0 Å². The lowest BCUT2D eigenvalue weighted by Crippen LogP contribution is -2.50. The molecule has 0 aromatic heterocycles. The highest BCUT2D eigenvalue weighted by Gasteiger charge is 2.39. The Morgan fingerprint density at radius 2 is 2.21 bits per heavy atom. The Morgan fingerprint density at radius 1 is 1.42 bits per heavy atom. The lowest BCUT2D eigenvalue weighted by molar-refractivity contribution is -0.122.